The SMILES string of the molecule is COc1ccc(C2(O)C[N+]3=C(CCCCC3)N2c2ccc(OC(F)F)cc2)cc1. The highest BCUT2D eigenvalue weighted by molar-refractivity contribution is 5.97. The summed E-state index contributed by atoms with van der Waals surface area (Å²) in [5, 5.41) is 11.8. The molecule has 2 aliphatic heterocycles. The van der Waals surface area contributed by atoms with Gasteiger partial charge in [-0.2, -0.15) is 13.7 Å². The van der Waals surface area contributed by atoms with Crippen LogP contribution in [0.2, 0.25) is 0 Å². The van der Waals surface area contributed by atoms with Crippen LogP contribution in [0.25, 0.3) is 0 Å². The average molecular weight is 403 g/mol. The van der Waals surface area contributed by atoms with Crippen LogP contribution < -0.4 is 14.4 Å². The second-order valence-corrected chi connectivity index (χ2v) is 7.40. The highest BCUT2D eigenvalue weighted by atomic mass is 19.3. The lowest BCUT2D eigenvalue weighted by Crippen LogP contribution is -2.47. The van der Waals surface area contributed by atoms with Crippen molar-refractivity contribution >= 4 is 11.5 Å². The fraction of sp³-hybridized carbons (Fsp3) is 0.409. The van der Waals surface area contributed by atoms with E-state index in [2.05, 4.69) is 9.31 Å². The molecule has 5 nitrogen and oxygen atoms in total. The Morgan fingerprint density at radius 2 is 1.69 bits per heavy atom. The number of hydrogen-bond acceptors (Lipinski definition) is 4. The molecule has 1 N–H and O–H groups in total. The Morgan fingerprint density at radius 3 is 2.34 bits per heavy atom. The van der Waals surface area contributed by atoms with Crippen LogP contribution in [0.5, 0.6) is 11.5 Å². The zero-order valence-electron chi connectivity index (χ0n) is 16.4. The molecule has 0 fully saturated rings. The van der Waals surface area contributed by atoms with E-state index in [1.165, 1.54) is 12.1 Å². The Bertz CT molecular complexity index is 884. The lowest BCUT2D eigenvalue weighted by Gasteiger charge is -2.29. The number of ether oxygens (including phenoxy) is 2. The number of anilines is 1. The lowest BCUT2D eigenvalue weighted by molar-refractivity contribution is -0.534. The molecule has 1 atom stereocenters. The van der Waals surface area contributed by atoms with E-state index in [1.54, 1.807) is 19.2 Å². The van der Waals surface area contributed by atoms with Gasteiger partial charge in [0.1, 0.15) is 17.2 Å². The average Bonchev–Trinajstić information content (AvgIpc) is 2.85. The summed E-state index contributed by atoms with van der Waals surface area (Å²) in [4.78, 5) is 1.94. The van der Waals surface area contributed by atoms with E-state index in [-0.39, 0.29) is 5.75 Å². The molecule has 2 aromatic carbocycles. The number of amidine groups is 1. The number of benzene rings is 2. The van der Waals surface area contributed by atoms with Crippen LogP contribution in [0.3, 0.4) is 0 Å². The fourth-order valence-corrected chi connectivity index (χ4v) is 4.24. The molecule has 0 bridgehead atoms. The molecule has 7 heteroatoms. The van der Waals surface area contributed by atoms with E-state index in [9.17, 15) is 13.9 Å². The van der Waals surface area contributed by atoms with Crippen molar-refractivity contribution in [3.05, 3.63) is 54.1 Å². The summed E-state index contributed by atoms with van der Waals surface area (Å²) in [6.07, 6.45) is 4.13. The van der Waals surface area contributed by atoms with Crippen LogP contribution in [-0.2, 0) is 5.72 Å². The predicted molar refractivity (Wildman–Crippen MR) is 106 cm³/mol. The first kappa shape index (κ1) is 19.6. The van der Waals surface area contributed by atoms with Crippen molar-refractivity contribution in [2.45, 2.75) is 38.0 Å². The fourth-order valence-electron chi connectivity index (χ4n) is 4.24. The van der Waals surface area contributed by atoms with Crippen LogP contribution in [0.15, 0.2) is 48.5 Å². The van der Waals surface area contributed by atoms with Crippen LogP contribution >= 0.6 is 0 Å². The largest absolute Gasteiger partial charge is 0.497 e. The van der Waals surface area contributed by atoms with Gasteiger partial charge >= 0.3 is 6.61 Å². The van der Waals surface area contributed by atoms with Gasteiger partial charge in [-0.3, -0.25) is 4.58 Å². The maximum absolute atomic E-state index is 12.5. The molecular weight excluding hydrogens is 378 g/mol. The molecule has 0 amide bonds. The molecule has 2 aliphatic rings. The molecule has 1 unspecified atom stereocenters. The molecule has 0 aliphatic carbocycles. The van der Waals surface area contributed by atoms with E-state index in [0.29, 0.717) is 6.54 Å². The van der Waals surface area contributed by atoms with Crippen LogP contribution in [-0.4, -0.2) is 42.3 Å². The Balaban J connectivity index is 1.74. The summed E-state index contributed by atoms with van der Waals surface area (Å²) >= 11 is 0. The third kappa shape index (κ3) is 3.79. The molecule has 2 heterocycles. The van der Waals surface area contributed by atoms with Gasteiger partial charge in [0, 0.05) is 12.0 Å². The summed E-state index contributed by atoms with van der Waals surface area (Å²) in [7, 11) is 1.61. The Hall–Kier alpha value is -2.67. The van der Waals surface area contributed by atoms with E-state index >= 15 is 0 Å². The van der Waals surface area contributed by atoms with Gasteiger partial charge < -0.3 is 14.6 Å². The second-order valence-electron chi connectivity index (χ2n) is 7.40. The van der Waals surface area contributed by atoms with Gasteiger partial charge in [-0.25, -0.2) is 0 Å². The first-order valence-electron chi connectivity index (χ1n) is 9.84. The highest BCUT2D eigenvalue weighted by Crippen LogP contribution is 2.38. The minimum Gasteiger partial charge on any atom is -0.497 e. The Kier molecular flexibility index (Phi) is 5.41. The third-order valence-corrected chi connectivity index (χ3v) is 5.61. The van der Waals surface area contributed by atoms with E-state index in [4.69, 9.17) is 4.74 Å². The number of methoxy groups -OCH3 is 1. The highest BCUT2D eigenvalue weighted by Gasteiger charge is 2.54. The Morgan fingerprint density at radius 1 is 1.00 bits per heavy atom. The molecule has 0 spiro atoms. The third-order valence-electron chi connectivity index (χ3n) is 5.61. The number of nitrogens with zero attached hydrogens (tertiary/aromatic N) is 2. The first-order chi connectivity index (χ1) is 14.0. The first-order valence-corrected chi connectivity index (χ1v) is 9.84. The maximum Gasteiger partial charge on any atom is 0.387 e. The summed E-state index contributed by atoms with van der Waals surface area (Å²) in [6.45, 7) is -1.53. The minimum atomic E-state index is -2.87. The summed E-state index contributed by atoms with van der Waals surface area (Å²) < 4.78 is 37.0. The molecule has 0 saturated heterocycles. The zero-order valence-corrected chi connectivity index (χ0v) is 16.4. The standard InChI is InChI=1S/C22H25F2N2O3/c1-28-18-10-6-16(7-11-18)22(27)15-25-14-4-2-3-5-20(25)26(22)17-8-12-19(13-9-17)29-21(23)24/h6-13,21,27H,2-5,14-15H2,1H3/q+1. The summed E-state index contributed by atoms with van der Waals surface area (Å²) in [5.74, 6) is 1.87. The van der Waals surface area contributed by atoms with Crippen molar-refractivity contribution in [2.24, 2.45) is 0 Å². The van der Waals surface area contributed by atoms with Crippen molar-refractivity contribution in [3.8, 4) is 11.5 Å². The van der Waals surface area contributed by atoms with Gasteiger partial charge in [-0.05, 0) is 67.8 Å². The van der Waals surface area contributed by atoms with E-state index in [0.717, 1.165) is 55.1 Å². The van der Waals surface area contributed by atoms with Crippen molar-refractivity contribution in [1.82, 2.24) is 0 Å². The van der Waals surface area contributed by atoms with Gasteiger partial charge in [-0.1, -0.05) is 0 Å². The van der Waals surface area contributed by atoms with Crippen molar-refractivity contribution < 1.29 is 27.9 Å². The topological polar surface area (TPSA) is 44.9 Å². The van der Waals surface area contributed by atoms with Gasteiger partial charge in [-0.15, -0.1) is 0 Å². The molecule has 29 heavy (non-hydrogen) atoms. The van der Waals surface area contributed by atoms with Crippen LogP contribution in [0, 0.1) is 0 Å². The lowest BCUT2D eigenvalue weighted by atomic mass is 9.99. The van der Waals surface area contributed by atoms with Crippen molar-refractivity contribution in [1.29, 1.82) is 0 Å². The van der Waals surface area contributed by atoms with Gasteiger partial charge in [0.15, 0.2) is 6.54 Å². The molecule has 4 rings (SSSR count). The van der Waals surface area contributed by atoms with Crippen LogP contribution in [0.1, 0.15) is 31.2 Å². The van der Waals surface area contributed by atoms with Crippen molar-refractivity contribution in [2.75, 3.05) is 25.1 Å². The van der Waals surface area contributed by atoms with Crippen molar-refractivity contribution in [3.63, 3.8) is 0 Å². The predicted octanol–water partition coefficient (Wildman–Crippen LogP) is 3.95. The zero-order chi connectivity index (χ0) is 20.4. The number of alkyl halides is 2. The number of aliphatic hydroxyl groups is 1. The Labute approximate surface area is 168 Å². The number of hydrogen-bond donors (Lipinski definition) is 1. The second kappa shape index (κ2) is 7.99. The quantitative estimate of drug-likeness (QED) is 0.768. The van der Waals surface area contributed by atoms with Crippen LogP contribution in [0.4, 0.5) is 14.5 Å². The molecule has 0 aromatic heterocycles. The van der Waals surface area contributed by atoms with Gasteiger partial charge in [0.25, 0.3) is 11.6 Å². The molecule has 154 valence electrons. The summed E-state index contributed by atoms with van der Waals surface area (Å²) in [6, 6.07) is 13.9. The van der Waals surface area contributed by atoms with Gasteiger partial charge in [0.05, 0.1) is 13.7 Å². The van der Waals surface area contributed by atoms with Gasteiger partial charge in [0.2, 0.25) is 0 Å². The monoisotopic (exact) mass is 403 g/mol. The molecule has 0 radical (unpaired) electrons. The minimum absolute atomic E-state index is 0.0960. The van der Waals surface area contributed by atoms with E-state index < -0.39 is 12.3 Å². The molecule has 2 aromatic rings. The number of rotatable bonds is 5. The normalized spacial score (nSPS) is 21.9. The molecule has 0 saturated carbocycles. The maximum atomic E-state index is 12.5. The van der Waals surface area contributed by atoms with E-state index in [1.807, 2.05) is 29.2 Å². The smallest absolute Gasteiger partial charge is 0.387 e. The summed E-state index contributed by atoms with van der Waals surface area (Å²) in [5.41, 5.74) is 0.237. The number of halogens is 2. The molecular formula is C22H25F2N2O3+.